The zero-order valence-electron chi connectivity index (χ0n) is 9.48. The van der Waals surface area contributed by atoms with Gasteiger partial charge in [-0.05, 0) is 13.8 Å². The predicted octanol–water partition coefficient (Wildman–Crippen LogP) is 2.23. The summed E-state index contributed by atoms with van der Waals surface area (Å²) in [4.78, 5) is 4.45. The largest absolute Gasteiger partial charge is 0.272 e. The van der Waals surface area contributed by atoms with Crippen LogP contribution in [0.3, 0.4) is 0 Å². The zero-order valence-corrected chi connectivity index (χ0v) is 10.3. The van der Waals surface area contributed by atoms with Gasteiger partial charge < -0.3 is 0 Å². The molecule has 0 unspecified atom stereocenters. The molecule has 0 aromatic carbocycles. The highest BCUT2D eigenvalue weighted by molar-refractivity contribution is 7.10. The van der Waals surface area contributed by atoms with Crippen LogP contribution in [0.15, 0.2) is 5.38 Å². The van der Waals surface area contributed by atoms with Crippen molar-refractivity contribution in [3.05, 3.63) is 21.8 Å². The predicted molar refractivity (Wildman–Crippen MR) is 63.1 cm³/mol. The van der Waals surface area contributed by atoms with E-state index in [0.717, 1.165) is 27.7 Å². The molecule has 2 aromatic heterocycles. The topological polar surface area (TPSA) is 54.5 Å². The van der Waals surface area contributed by atoms with Crippen molar-refractivity contribution >= 4 is 11.3 Å². The molecule has 0 atom stereocenters. The third kappa shape index (κ3) is 1.72. The van der Waals surface area contributed by atoms with Crippen molar-refractivity contribution in [1.29, 1.82) is 5.26 Å². The number of hydrogen-bond acceptors (Lipinski definition) is 4. The SMILES string of the molecule is Cc1nn(C)c(C)c1-c1csc(CC#N)n1. The average molecular weight is 232 g/mol. The lowest BCUT2D eigenvalue weighted by Gasteiger charge is -1.96. The molecule has 0 aliphatic heterocycles. The minimum absolute atomic E-state index is 0.378. The van der Waals surface area contributed by atoms with Crippen molar-refractivity contribution in [2.75, 3.05) is 0 Å². The Morgan fingerprint density at radius 1 is 1.50 bits per heavy atom. The lowest BCUT2D eigenvalue weighted by Crippen LogP contribution is -1.92. The van der Waals surface area contributed by atoms with E-state index in [0.29, 0.717) is 6.42 Å². The van der Waals surface area contributed by atoms with Crippen molar-refractivity contribution < 1.29 is 0 Å². The van der Waals surface area contributed by atoms with Crippen molar-refractivity contribution in [2.24, 2.45) is 7.05 Å². The summed E-state index contributed by atoms with van der Waals surface area (Å²) < 4.78 is 1.86. The number of aryl methyl sites for hydroxylation is 2. The summed E-state index contributed by atoms with van der Waals surface area (Å²) in [6.45, 7) is 4.00. The minimum atomic E-state index is 0.378. The van der Waals surface area contributed by atoms with Crippen molar-refractivity contribution in [3.8, 4) is 17.3 Å². The van der Waals surface area contributed by atoms with E-state index in [1.165, 1.54) is 11.3 Å². The third-order valence-electron chi connectivity index (χ3n) is 2.55. The van der Waals surface area contributed by atoms with Gasteiger partial charge in [0, 0.05) is 23.7 Å². The van der Waals surface area contributed by atoms with Crippen LogP contribution in [0.25, 0.3) is 11.3 Å². The Balaban J connectivity index is 2.47. The second-order valence-corrected chi connectivity index (χ2v) is 4.57. The lowest BCUT2D eigenvalue weighted by molar-refractivity contribution is 0.731. The van der Waals surface area contributed by atoms with Gasteiger partial charge in [0.25, 0.3) is 0 Å². The Labute approximate surface area is 98.2 Å². The Kier molecular flexibility index (Phi) is 2.75. The molecule has 82 valence electrons. The second-order valence-electron chi connectivity index (χ2n) is 3.63. The van der Waals surface area contributed by atoms with Crippen LogP contribution in [0.2, 0.25) is 0 Å². The van der Waals surface area contributed by atoms with Gasteiger partial charge in [-0.2, -0.15) is 10.4 Å². The standard InChI is InChI=1S/C11H12N4S/c1-7-11(8(2)15(3)14-7)9-6-16-10(13-9)4-5-12/h6H,4H2,1-3H3. The molecular weight excluding hydrogens is 220 g/mol. The molecule has 0 radical (unpaired) electrons. The number of rotatable bonds is 2. The molecular formula is C11H12N4S. The lowest BCUT2D eigenvalue weighted by atomic mass is 10.1. The summed E-state index contributed by atoms with van der Waals surface area (Å²) in [5, 5.41) is 15.8. The summed E-state index contributed by atoms with van der Waals surface area (Å²) in [5.74, 6) is 0. The first-order valence-electron chi connectivity index (χ1n) is 4.95. The molecule has 0 aliphatic rings. The first-order chi connectivity index (χ1) is 7.63. The molecule has 16 heavy (non-hydrogen) atoms. The maximum Gasteiger partial charge on any atom is 0.107 e. The van der Waals surface area contributed by atoms with Crippen LogP contribution in [-0.2, 0) is 13.5 Å². The van der Waals surface area contributed by atoms with E-state index in [9.17, 15) is 0 Å². The summed E-state index contributed by atoms with van der Waals surface area (Å²) >= 11 is 1.52. The van der Waals surface area contributed by atoms with Gasteiger partial charge in [-0.15, -0.1) is 11.3 Å². The fraction of sp³-hybridized carbons (Fsp3) is 0.364. The Hall–Kier alpha value is -1.67. The van der Waals surface area contributed by atoms with Gasteiger partial charge in [0.1, 0.15) is 5.01 Å². The van der Waals surface area contributed by atoms with Crippen LogP contribution in [0, 0.1) is 25.2 Å². The summed E-state index contributed by atoms with van der Waals surface area (Å²) in [7, 11) is 1.92. The normalized spacial score (nSPS) is 10.4. The molecule has 0 saturated carbocycles. The summed E-state index contributed by atoms with van der Waals surface area (Å²) in [6, 6.07) is 2.11. The van der Waals surface area contributed by atoms with Crippen LogP contribution in [0.5, 0.6) is 0 Å². The number of aromatic nitrogens is 3. The van der Waals surface area contributed by atoms with Crippen LogP contribution in [-0.4, -0.2) is 14.8 Å². The number of nitrogens with zero attached hydrogens (tertiary/aromatic N) is 4. The summed E-state index contributed by atoms with van der Waals surface area (Å²) in [6.07, 6.45) is 0.378. The van der Waals surface area contributed by atoms with Gasteiger partial charge in [-0.3, -0.25) is 4.68 Å². The van der Waals surface area contributed by atoms with E-state index >= 15 is 0 Å². The average Bonchev–Trinajstić information content (AvgIpc) is 2.75. The molecule has 4 nitrogen and oxygen atoms in total. The molecule has 0 spiro atoms. The van der Waals surface area contributed by atoms with Crippen molar-refractivity contribution in [3.63, 3.8) is 0 Å². The van der Waals surface area contributed by atoms with Gasteiger partial charge in [0.15, 0.2) is 0 Å². The maximum absolute atomic E-state index is 8.61. The Morgan fingerprint density at radius 2 is 2.25 bits per heavy atom. The quantitative estimate of drug-likeness (QED) is 0.797. The number of thiazole rings is 1. The molecule has 0 fully saturated rings. The second kappa shape index (κ2) is 4.06. The first kappa shape index (κ1) is 10.8. The fourth-order valence-corrected chi connectivity index (χ4v) is 2.44. The Bertz CT molecular complexity index is 559. The molecule has 2 aromatic rings. The molecule has 0 saturated heterocycles. The highest BCUT2D eigenvalue weighted by Gasteiger charge is 2.14. The smallest absolute Gasteiger partial charge is 0.107 e. The number of nitriles is 1. The molecule has 0 bridgehead atoms. The first-order valence-corrected chi connectivity index (χ1v) is 5.83. The molecule has 2 rings (SSSR count). The molecule has 5 heteroatoms. The van der Waals surface area contributed by atoms with Crippen LogP contribution < -0.4 is 0 Å². The van der Waals surface area contributed by atoms with E-state index in [4.69, 9.17) is 5.26 Å². The van der Waals surface area contributed by atoms with Crippen molar-refractivity contribution in [2.45, 2.75) is 20.3 Å². The number of hydrogen-bond donors (Lipinski definition) is 0. The van der Waals surface area contributed by atoms with E-state index in [1.54, 1.807) is 0 Å². The highest BCUT2D eigenvalue weighted by atomic mass is 32.1. The van der Waals surface area contributed by atoms with Crippen molar-refractivity contribution in [1.82, 2.24) is 14.8 Å². The Morgan fingerprint density at radius 3 is 2.81 bits per heavy atom. The summed E-state index contributed by atoms with van der Waals surface area (Å²) in [5.41, 5.74) is 4.10. The van der Waals surface area contributed by atoms with Gasteiger partial charge in [-0.25, -0.2) is 4.98 Å². The van der Waals surface area contributed by atoms with Gasteiger partial charge in [0.2, 0.25) is 0 Å². The van der Waals surface area contributed by atoms with Crippen LogP contribution in [0.1, 0.15) is 16.4 Å². The molecule has 2 heterocycles. The van der Waals surface area contributed by atoms with Crippen LogP contribution in [0.4, 0.5) is 0 Å². The minimum Gasteiger partial charge on any atom is -0.272 e. The monoisotopic (exact) mass is 232 g/mol. The molecule has 0 amide bonds. The molecule has 0 aliphatic carbocycles. The van der Waals surface area contributed by atoms with Gasteiger partial charge >= 0.3 is 0 Å². The van der Waals surface area contributed by atoms with E-state index in [2.05, 4.69) is 16.2 Å². The van der Waals surface area contributed by atoms with E-state index in [1.807, 2.05) is 31.0 Å². The van der Waals surface area contributed by atoms with Gasteiger partial charge in [0.05, 0.1) is 23.9 Å². The van der Waals surface area contributed by atoms with E-state index < -0.39 is 0 Å². The van der Waals surface area contributed by atoms with E-state index in [-0.39, 0.29) is 0 Å². The zero-order chi connectivity index (χ0) is 11.7. The fourth-order valence-electron chi connectivity index (χ4n) is 1.72. The highest BCUT2D eigenvalue weighted by Crippen LogP contribution is 2.27. The maximum atomic E-state index is 8.61. The third-order valence-corrected chi connectivity index (χ3v) is 3.40. The molecule has 0 N–H and O–H groups in total. The van der Waals surface area contributed by atoms with Gasteiger partial charge in [-0.1, -0.05) is 0 Å². The van der Waals surface area contributed by atoms with Crippen LogP contribution >= 0.6 is 11.3 Å².